The largest absolute Gasteiger partial charge is 0.452 e. The summed E-state index contributed by atoms with van der Waals surface area (Å²) in [5.74, 6) is -0.492. The van der Waals surface area contributed by atoms with Crippen molar-refractivity contribution < 1.29 is 14.3 Å². The summed E-state index contributed by atoms with van der Waals surface area (Å²) in [6.45, 7) is 8.53. The van der Waals surface area contributed by atoms with E-state index in [1.807, 2.05) is 50.2 Å². The Bertz CT molecular complexity index is 827. The van der Waals surface area contributed by atoms with Gasteiger partial charge in [0, 0.05) is 31.9 Å². The molecule has 5 nitrogen and oxygen atoms in total. The first-order valence-electron chi connectivity index (χ1n) is 9.78. The van der Waals surface area contributed by atoms with Crippen LogP contribution in [-0.2, 0) is 20.7 Å². The molecule has 2 aromatic rings. The van der Waals surface area contributed by atoms with E-state index in [2.05, 4.69) is 17.0 Å². The van der Waals surface area contributed by atoms with Crippen molar-refractivity contribution in [3.05, 3.63) is 65.2 Å². The van der Waals surface area contributed by atoms with E-state index in [9.17, 15) is 9.59 Å². The number of hydrogen-bond acceptors (Lipinski definition) is 4. The minimum Gasteiger partial charge on any atom is -0.452 e. The number of piperazine rings is 1. The number of rotatable bonds is 5. The van der Waals surface area contributed by atoms with Gasteiger partial charge < -0.3 is 14.5 Å². The van der Waals surface area contributed by atoms with Gasteiger partial charge in [0.2, 0.25) is 0 Å². The summed E-state index contributed by atoms with van der Waals surface area (Å²) in [4.78, 5) is 28.9. The number of esters is 1. The van der Waals surface area contributed by atoms with E-state index in [4.69, 9.17) is 4.74 Å². The van der Waals surface area contributed by atoms with E-state index < -0.39 is 6.10 Å². The van der Waals surface area contributed by atoms with E-state index in [1.54, 1.807) is 11.8 Å². The number of nitrogens with zero attached hydrogens (tertiary/aromatic N) is 2. The fraction of sp³-hybridized carbons (Fsp3) is 0.391. The third-order valence-corrected chi connectivity index (χ3v) is 5.29. The topological polar surface area (TPSA) is 49.9 Å². The third-order valence-electron chi connectivity index (χ3n) is 5.29. The molecule has 0 saturated carbocycles. The number of aryl methyl sites for hydroxylation is 2. The van der Waals surface area contributed by atoms with Crippen LogP contribution in [0.3, 0.4) is 0 Å². The maximum absolute atomic E-state index is 12.7. The van der Waals surface area contributed by atoms with E-state index in [1.165, 1.54) is 11.3 Å². The van der Waals surface area contributed by atoms with Gasteiger partial charge in [0.05, 0.1) is 6.42 Å². The van der Waals surface area contributed by atoms with Crippen LogP contribution in [0.15, 0.2) is 48.5 Å². The molecule has 0 spiro atoms. The lowest BCUT2D eigenvalue weighted by Gasteiger charge is -2.37. The second-order valence-corrected chi connectivity index (χ2v) is 7.38. The minimum absolute atomic E-state index is 0.124. The van der Waals surface area contributed by atoms with E-state index in [0.29, 0.717) is 13.1 Å². The van der Waals surface area contributed by atoms with Gasteiger partial charge in [0.1, 0.15) is 0 Å². The zero-order valence-corrected chi connectivity index (χ0v) is 16.9. The smallest absolute Gasteiger partial charge is 0.311 e. The lowest BCUT2D eigenvalue weighted by Crippen LogP contribution is -2.51. The van der Waals surface area contributed by atoms with Gasteiger partial charge in [-0.15, -0.1) is 0 Å². The van der Waals surface area contributed by atoms with Gasteiger partial charge in [0.25, 0.3) is 5.91 Å². The highest BCUT2D eigenvalue weighted by Gasteiger charge is 2.27. The summed E-state index contributed by atoms with van der Waals surface area (Å²) < 4.78 is 5.41. The summed E-state index contributed by atoms with van der Waals surface area (Å²) >= 11 is 0. The second kappa shape index (κ2) is 8.91. The highest BCUT2D eigenvalue weighted by atomic mass is 16.5. The molecule has 1 aliphatic heterocycles. The van der Waals surface area contributed by atoms with Crippen molar-refractivity contribution in [2.75, 3.05) is 31.1 Å². The SMILES string of the molecule is Cc1ccc(CC(=O)O[C@H](C)C(=O)N2CCN(c3ccccc3)CC2)cc1C. The first-order chi connectivity index (χ1) is 13.4. The summed E-state index contributed by atoms with van der Waals surface area (Å²) in [6.07, 6.45) is -0.581. The molecule has 1 atom stereocenters. The molecule has 1 saturated heterocycles. The quantitative estimate of drug-likeness (QED) is 0.748. The monoisotopic (exact) mass is 380 g/mol. The number of amides is 1. The first-order valence-corrected chi connectivity index (χ1v) is 9.78. The Balaban J connectivity index is 1.49. The lowest BCUT2D eigenvalue weighted by atomic mass is 10.0. The average molecular weight is 380 g/mol. The number of carbonyl (C=O) groups excluding carboxylic acids is 2. The lowest BCUT2D eigenvalue weighted by molar-refractivity contribution is -0.158. The van der Waals surface area contributed by atoms with Gasteiger partial charge in [-0.2, -0.15) is 0 Å². The van der Waals surface area contributed by atoms with Crippen LogP contribution in [0.25, 0.3) is 0 Å². The molecule has 28 heavy (non-hydrogen) atoms. The average Bonchev–Trinajstić information content (AvgIpc) is 2.71. The molecule has 0 unspecified atom stereocenters. The second-order valence-electron chi connectivity index (χ2n) is 7.38. The van der Waals surface area contributed by atoms with E-state index in [0.717, 1.165) is 24.2 Å². The molecule has 1 fully saturated rings. The minimum atomic E-state index is -0.762. The van der Waals surface area contributed by atoms with Crippen molar-refractivity contribution in [2.24, 2.45) is 0 Å². The van der Waals surface area contributed by atoms with Crippen molar-refractivity contribution in [2.45, 2.75) is 33.3 Å². The van der Waals surface area contributed by atoms with Crippen molar-refractivity contribution in [3.8, 4) is 0 Å². The Morgan fingerprint density at radius 3 is 2.29 bits per heavy atom. The fourth-order valence-corrected chi connectivity index (χ4v) is 3.45. The van der Waals surface area contributed by atoms with Gasteiger partial charge in [0.15, 0.2) is 6.10 Å². The summed E-state index contributed by atoms with van der Waals surface area (Å²) in [5.41, 5.74) is 4.41. The van der Waals surface area contributed by atoms with Crippen LogP contribution in [-0.4, -0.2) is 49.1 Å². The molecule has 0 bridgehead atoms. The van der Waals surface area contributed by atoms with Crippen LogP contribution < -0.4 is 4.90 Å². The molecular weight excluding hydrogens is 352 g/mol. The molecule has 1 amide bonds. The molecule has 1 aliphatic rings. The Kier molecular flexibility index (Phi) is 6.34. The number of carbonyl (C=O) groups is 2. The van der Waals surface area contributed by atoms with Gasteiger partial charge in [-0.3, -0.25) is 9.59 Å². The molecule has 0 aliphatic carbocycles. The zero-order chi connectivity index (χ0) is 20.1. The van der Waals surface area contributed by atoms with Gasteiger partial charge >= 0.3 is 5.97 Å². The summed E-state index contributed by atoms with van der Waals surface area (Å²) in [5, 5.41) is 0. The zero-order valence-electron chi connectivity index (χ0n) is 16.9. The molecule has 0 aromatic heterocycles. The van der Waals surface area contributed by atoms with Crippen molar-refractivity contribution in [1.29, 1.82) is 0 Å². The van der Waals surface area contributed by atoms with E-state index >= 15 is 0 Å². The fourth-order valence-electron chi connectivity index (χ4n) is 3.45. The summed E-state index contributed by atoms with van der Waals surface area (Å²) in [6, 6.07) is 16.1. The first kappa shape index (κ1) is 19.9. The van der Waals surface area contributed by atoms with Crippen LogP contribution in [0, 0.1) is 13.8 Å². The van der Waals surface area contributed by atoms with Gasteiger partial charge in [-0.25, -0.2) is 0 Å². The number of hydrogen-bond donors (Lipinski definition) is 0. The van der Waals surface area contributed by atoms with Crippen LogP contribution in [0.1, 0.15) is 23.6 Å². The highest BCUT2D eigenvalue weighted by molar-refractivity contribution is 5.84. The maximum atomic E-state index is 12.7. The molecular formula is C23H28N2O3. The predicted octanol–water partition coefficient (Wildman–Crippen LogP) is 3.13. The number of anilines is 1. The molecule has 0 N–H and O–H groups in total. The van der Waals surface area contributed by atoms with Crippen molar-refractivity contribution in [3.63, 3.8) is 0 Å². The Hall–Kier alpha value is -2.82. The molecule has 2 aromatic carbocycles. The predicted molar refractivity (Wildman–Crippen MR) is 110 cm³/mol. The third kappa shape index (κ3) is 4.91. The molecule has 5 heteroatoms. The molecule has 1 heterocycles. The Morgan fingerprint density at radius 2 is 1.64 bits per heavy atom. The standard InChI is InChI=1S/C23H28N2O3/c1-17-9-10-20(15-18(17)2)16-22(26)28-19(3)23(27)25-13-11-24(12-14-25)21-7-5-4-6-8-21/h4-10,15,19H,11-14,16H2,1-3H3/t19-/m1/s1. The van der Waals surface area contributed by atoms with Crippen LogP contribution in [0.5, 0.6) is 0 Å². The molecule has 0 radical (unpaired) electrons. The van der Waals surface area contributed by atoms with Crippen molar-refractivity contribution >= 4 is 17.6 Å². The van der Waals surface area contributed by atoms with Crippen LogP contribution in [0.4, 0.5) is 5.69 Å². The summed E-state index contributed by atoms with van der Waals surface area (Å²) in [7, 11) is 0. The van der Waals surface area contributed by atoms with Gasteiger partial charge in [-0.05, 0) is 49.6 Å². The van der Waals surface area contributed by atoms with Gasteiger partial charge in [-0.1, -0.05) is 36.4 Å². The van der Waals surface area contributed by atoms with Crippen LogP contribution >= 0.6 is 0 Å². The Labute approximate surface area is 166 Å². The van der Waals surface area contributed by atoms with E-state index in [-0.39, 0.29) is 18.3 Å². The highest BCUT2D eigenvalue weighted by Crippen LogP contribution is 2.16. The maximum Gasteiger partial charge on any atom is 0.311 e. The molecule has 3 rings (SSSR count). The molecule has 148 valence electrons. The van der Waals surface area contributed by atoms with Crippen LogP contribution in [0.2, 0.25) is 0 Å². The van der Waals surface area contributed by atoms with Crippen molar-refractivity contribution in [1.82, 2.24) is 4.90 Å². The Morgan fingerprint density at radius 1 is 0.964 bits per heavy atom. The number of benzene rings is 2. The normalized spacial score (nSPS) is 15.2. The number of para-hydroxylation sites is 1. The number of ether oxygens (including phenoxy) is 1.